The number of rotatable bonds is 3. The van der Waals surface area contributed by atoms with Gasteiger partial charge < -0.3 is 10.1 Å². The average molecular weight is 240 g/mol. The van der Waals surface area contributed by atoms with Gasteiger partial charge in [0.2, 0.25) is 0 Å². The van der Waals surface area contributed by atoms with Crippen LogP contribution in [0, 0.1) is 12.8 Å². The van der Waals surface area contributed by atoms with Crippen LogP contribution >= 0.6 is 11.6 Å². The Labute approximate surface area is 102 Å². The molecule has 1 N–H and O–H groups in total. The fourth-order valence-electron chi connectivity index (χ4n) is 2.02. The average Bonchev–Trinajstić information content (AvgIpc) is 2.32. The fourth-order valence-corrected chi connectivity index (χ4v) is 2.20. The Hall–Kier alpha value is -0.730. The van der Waals surface area contributed by atoms with Crippen molar-refractivity contribution < 1.29 is 4.74 Å². The first-order valence-electron chi connectivity index (χ1n) is 5.84. The highest BCUT2D eigenvalue weighted by Crippen LogP contribution is 2.23. The van der Waals surface area contributed by atoms with Crippen molar-refractivity contribution in [3.63, 3.8) is 0 Å². The summed E-state index contributed by atoms with van der Waals surface area (Å²) in [7, 11) is 0. The number of hydrogen-bond acceptors (Lipinski definition) is 2. The Balaban J connectivity index is 1.91. The first-order valence-corrected chi connectivity index (χ1v) is 6.22. The van der Waals surface area contributed by atoms with Crippen molar-refractivity contribution in [2.75, 3.05) is 25.1 Å². The topological polar surface area (TPSA) is 21.3 Å². The number of anilines is 1. The van der Waals surface area contributed by atoms with E-state index in [0.29, 0.717) is 5.92 Å². The molecule has 1 unspecified atom stereocenters. The summed E-state index contributed by atoms with van der Waals surface area (Å²) in [5.41, 5.74) is 2.26. The van der Waals surface area contributed by atoms with Gasteiger partial charge in [-0.25, -0.2) is 0 Å². The number of ether oxygens (including phenoxy) is 1. The molecule has 1 saturated heterocycles. The minimum atomic E-state index is 0.632. The van der Waals surface area contributed by atoms with Crippen LogP contribution in [0.25, 0.3) is 0 Å². The van der Waals surface area contributed by atoms with Crippen LogP contribution < -0.4 is 5.32 Å². The largest absolute Gasteiger partial charge is 0.384 e. The van der Waals surface area contributed by atoms with Gasteiger partial charge >= 0.3 is 0 Å². The number of halogens is 1. The highest BCUT2D eigenvalue weighted by atomic mass is 35.5. The van der Waals surface area contributed by atoms with Gasteiger partial charge in [0, 0.05) is 23.9 Å². The molecule has 1 atom stereocenters. The minimum Gasteiger partial charge on any atom is -0.384 e. The zero-order chi connectivity index (χ0) is 11.4. The monoisotopic (exact) mass is 239 g/mol. The maximum atomic E-state index is 6.07. The molecule has 0 bridgehead atoms. The van der Waals surface area contributed by atoms with Gasteiger partial charge in [-0.1, -0.05) is 17.7 Å². The molecule has 0 spiro atoms. The maximum Gasteiger partial charge on any atom is 0.0511 e. The van der Waals surface area contributed by atoms with Crippen LogP contribution in [0.5, 0.6) is 0 Å². The predicted molar refractivity (Wildman–Crippen MR) is 68.2 cm³/mol. The first-order chi connectivity index (χ1) is 7.77. The molecule has 88 valence electrons. The lowest BCUT2D eigenvalue weighted by molar-refractivity contribution is 0.0595. The second-order valence-corrected chi connectivity index (χ2v) is 4.78. The standard InChI is InChI=1S/C13H18ClNO/c1-10-12(14)5-2-6-13(10)15-8-11-4-3-7-16-9-11/h2,5-6,11,15H,3-4,7-9H2,1H3. The molecule has 0 aliphatic carbocycles. The van der Waals surface area contributed by atoms with E-state index in [1.54, 1.807) is 0 Å². The second kappa shape index (κ2) is 5.55. The summed E-state index contributed by atoms with van der Waals surface area (Å²) in [5, 5.41) is 4.28. The van der Waals surface area contributed by atoms with Gasteiger partial charge in [-0.15, -0.1) is 0 Å². The van der Waals surface area contributed by atoms with Crippen molar-refractivity contribution >= 4 is 17.3 Å². The van der Waals surface area contributed by atoms with E-state index in [0.717, 1.165) is 36.0 Å². The third-order valence-electron chi connectivity index (χ3n) is 3.10. The van der Waals surface area contributed by atoms with Gasteiger partial charge in [-0.05, 0) is 43.4 Å². The minimum absolute atomic E-state index is 0.632. The van der Waals surface area contributed by atoms with E-state index >= 15 is 0 Å². The van der Waals surface area contributed by atoms with E-state index in [1.807, 2.05) is 19.1 Å². The van der Waals surface area contributed by atoms with E-state index in [1.165, 1.54) is 12.8 Å². The molecular formula is C13H18ClNO. The lowest BCUT2D eigenvalue weighted by Gasteiger charge is -2.23. The molecule has 1 aromatic rings. The summed E-state index contributed by atoms with van der Waals surface area (Å²) < 4.78 is 5.46. The molecule has 3 heteroatoms. The lowest BCUT2D eigenvalue weighted by atomic mass is 10.0. The molecule has 1 aromatic carbocycles. The summed E-state index contributed by atoms with van der Waals surface area (Å²) in [4.78, 5) is 0. The Morgan fingerprint density at radius 3 is 3.12 bits per heavy atom. The van der Waals surface area contributed by atoms with Crippen LogP contribution in [0.15, 0.2) is 18.2 Å². The van der Waals surface area contributed by atoms with E-state index in [4.69, 9.17) is 16.3 Å². The highest BCUT2D eigenvalue weighted by Gasteiger charge is 2.13. The van der Waals surface area contributed by atoms with E-state index in [-0.39, 0.29) is 0 Å². The van der Waals surface area contributed by atoms with Crippen molar-refractivity contribution in [1.29, 1.82) is 0 Å². The van der Waals surface area contributed by atoms with Crippen molar-refractivity contribution in [2.45, 2.75) is 19.8 Å². The summed E-state index contributed by atoms with van der Waals surface area (Å²) in [6.07, 6.45) is 2.44. The van der Waals surface area contributed by atoms with Gasteiger partial charge in [-0.2, -0.15) is 0 Å². The van der Waals surface area contributed by atoms with Gasteiger partial charge in [0.1, 0.15) is 0 Å². The molecule has 0 saturated carbocycles. The summed E-state index contributed by atoms with van der Waals surface area (Å²) in [5.74, 6) is 0.632. The van der Waals surface area contributed by atoms with Crippen LogP contribution in [0.1, 0.15) is 18.4 Å². The third kappa shape index (κ3) is 2.89. The highest BCUT2D eigenvalue weighted by molar-refractivity contribution is 6.31. The lowest BCUT2D eigenvalue weighted by Crippen LogP contribution is -2.24. The molecule has 0 radical (unpaired) electrons. The molecule has 2 nitrogen and oxygen atoms in total. The zero-order valence-electron chi connectivity index (χ0n) is 9.63. The number of benzene rings is 1. The second-order valence-electron chi connectivity index (χ2n) is 4.38. The van der Waals surface area contributed by atoms with Crippen LogP contribution in [0.2, 0.25) is 5.02 Å². The van der Waals surface area contributed by atoms with Crippen LogP contribution in [-0.4, -0.2) is 19.8 Å². The first kappa shape index (κ1) is 11.7. The smallest absolute Gasteiger partial charge is 0.0511 e. The molecule has 2 rings (SSSR count). The van der Waals surface area contributed by atoms with Gasteiger partial charge in [0.15, 0.2) is 0 Å². The van der Waals surface area contributed by atoms with Crippen molar-refractivity contribution in [1.82, 2.24) is 0 Å². The van der Waals surface area contributed by atoms with Crippen molar-refractivity contribution in [3.8, 4) is 0 Å². The van der Waals surface area contributed by atoms with Crippen LogP contribution in [-0.2, 0) is 4.74 Å². The van der Waals surface area contributed by atoms with Crippen molar-refractivity contribution in [3.05, 3.63) is 28.8 Å². The molecule has 1 fully saturated rings. The zero-order valence-corrected chi connectivity index (χ0v) is 10.4. The van der Waals surface area contributed by atoms with Gasteiger partial charge in [-0.3, -0.25) is 0 Å². The molecule has 0 aromatic heterocycles. The Bertz CT molecular complexity index is 348. The van der Waals surface area contributed by atoms with Crippen LogP contribution in [0.3, 0.4) is 0 Å². The number of hydrogen-bond donors (Lipinski definition) is 1. The third-order valence-corrected chi connectivity index (χ3v) is 3.51. The summed E-state index contributed by atoms with van der Waals surface area (Å²) in [6.45, 7) is 4.82. The van der Waals surface area contributed by atoms with Gasteiger partial charge in [0.05, 0.1) is 6.61 Å². The normalized spacial score (nSPS) is 20.8. The molecule has 16 heavy (non-hydrogen) atoms. The van der Waals surface area contributed by atoms with Crippen LogP contribution in [0.4, 0.5) is 5.69 Å². The molecule has 0 amide bonds. The number of nitrogens with one attached hydrogen (secondary N) is 1. The molecule has 1 aliphatic heterocycles. The fraction of sp³-hybridized carbons (Fsp3) is 0.538. The Morgan fingerprint density at radius 1 is 1.50 bits per heavy atom. The van der Waals surface area contributed by atoms with E-state index < -0.39 is 0 Å². The van der Waals surface area contributed by atoms with E-state index in [9.17, 15) is 0 Å². The molecule has 1 aliphatic rings. The van der Waals surface area contributed by atoms with Gasteiger partial charge in [0.25, 0.3) is 0 Å². The van der Waals surface area contributed by atoms with Crippen molar-refractivity contribution in [2.24, 2.45) is 5.92 Å². The Kier molecular flexibility index (Phi) is 4.08. The molecule has 1 heterocycles. The van der Waals surface area contributed by atoms with E-state index in [2.05, 4.69) is 11.4 Å². The Morgan fingerprint density at radius 2 is 2.38 bits per heavy atom. The maximum absolute atomic E-state index is 6.07. The molecular weight excluding hydrogens is 222 g/mol. The summed E-state index contributed by atoms with van der Waals surface area (Å²) in [6, 6.07) is 5.98. The summed E-state index contributed by atoms with van der Waals surface area (Å²) >= 11 is 6.07. The quantitative estimate of drug-likeness (QED) is 0.872. The predicted octanol–water partition coefficient (Wildman–Crippen LogP) is 3.49. The SMILES string of the molecule is Cc1c(Cl)cccc1NCC1CCCOC1.